The Bertz CT molecular complexity index is 1070. The number of aryl methyl sites for hydroxylation is 1. The Morgan fingerprint density at radius 3 is 2.68 bits per heavy atom. The summed E-state index contributed by atoms with van der Waals surface area (Å²) in [6.45, 7) is 1.98. The molecule has 2 heterocycles. The van der Waals surface area contributed by atoms with Crippen molar-refractivity contribution in [2.45, 2.75) is 6.92 Å². The molecule has 25 heavy (non-hydrogen) atoms. The smallest absolute Gasteiger partial charge is 0.279 e. The number of carbonyl (C=O) groups excluding carboxylic acids is 1. The van der Waals surface area contributed by atoms with E-state index in [1.807, 2.05) is 61.5 Å². The summed E-state index contributed by atoms with van der Waals surface area (Å²) in [6.07, 6.45) is 1.61. The molecule has 122 valence electrons. The molecule has 0 aliphatic rings. The van der Waals surface area contributed by atoms with Crippen molar-refractivity contribution < 1.29 is 4.79 Å². The number of nitrogens with one attached hydrogen (secondary N) is 1. The minimum absolute atomic E-state index is 0.234. The van der Waals surface area contributed by atoms with Gasteiger partial charge < -0.3 is 5.32 Å². The van der Waals surface area contributed by atoms with Crippen LogP contribution in [-0.2, 0) is 0 Å². The van der Waals surface area contributed by atoms with Gasteiger partial charge in [-0.05, 0) is 36.8 Å². The van der Waals surface area contributed by atoms with Gasteiger partial charge in [-0.2, -0.15) is 0 Å². The van der Waals surface area contributed by atoms with Crippen molar-refractivity contribution in [1.82, 2.24) is 20.0 Å². The number of benzene rings is 2. The van der Waals surface area contributed by atoms with Crippen LogP contribution in [-0.4, -0.2) is 25.9 Å². The number of fused-ring (bicyclic) bond motifs is 1. The van der Waals surface area contributed by atoms with Crippen LogP contribution in [0.1, 0.15) is 16.1 Å². The normalized spacial score (nSPS) is 10.8. The highest BCUT2D eigenvalue weighted by Gasteiger charge is 2.13. The van der Waals surface area contributed by atoms with Crippen LogP contribution < -0.4 is 5.32 Å². The second kappa shape index (κ2) is 6.16. The maximum Gasteiger partial charge on any atom is 0.279 e. The Morgan fingerprint density at radius 2 is 1.80 bits per heavy atom. The lowest BCUT2D eigenvalue weighted by Gasteiger charge is -2.04. The van der Waals surface area contributed by atoms with Gasteiger partial charge in [0.2, 0.25) is 0 Å². The van der Waals surface area contributed by atoms with E-state index in [1.54, 1.807) is 16.9 Å². The van der Waals surface area contributed by atoms with Crippen molar-refractivity contribution in [3.8, 4) is 5.69 Å². The summed E-state index contributed by atoms with van der Waals surface area (Å²) in [7, 11) is 0. The zero-order valence-corrected chi connectivity index (χ0v) is 13.5. The van der Waals surface area contributed by atoms with Gasteiger partial charge in [0.05, 0.1) is 17.4 Å². The molecule has 0 unspecified atom stereocenters. The van der Waals surface area contributed by atoms with E-state index in [9.17, 15) is 4.79 Å². The molecule has 0 saturated carbocycles. The van der Waals surface area contributed by atoms with Gasteiger partial charge in [0, 0.05) is 5.39 Å². The zero-order valence-electron chi connectivity index (χ0n) is 13.5. The van der Waals surface area contributed by atoms with Gasteiger partial charge in [0.15, 0.2) is 5.69 Å². The van der Waals surface area contributed by atoms with Crippen molar-refractivity contribution in [3.63, 3.8) is 0 Å². The first-order valence-corrected chi connectivity index (χ1v) is 7.86. The number of amides is 1. The molecule has 0 atom stereocenters. The average molecular weight is 329 g/mol. The highest BCUT2D eigenvalue weighted by Crippen LogP contribution is 2.16. The number of aromatic nitrogens is 4. The molecule has 2 aromatic heterocycles. The molecule has 4 aromatic rings. The van der Waals surface area contributed by atoms with Gasteiger partial charge in [-0.3, -0.25) is 4.79 Å². The molecule has 2 aromatic carbocycles. The van der Waals surface area contributed by atoms with Gasteiger partial charge >= 0.3 is 0 Å². The van der Waals surface area contributed by atoms with Crippen LogP contribution in [0.5, 0.6) is 0 Å². The lowest BCUT2D eigenvalue weighted by Crippen LogP contribution is -2.13. The van der Waals surface area contributed by atoms with E-state index >= 15 is 0 Å². The molecule has 0 aliphatic carbocycles. The maximum absolute atomic E-state index is 12.4. The number of carbonyl (C=O) groups is 1. The molecule has 4 rings (SSSR count). The summed E-state index contributed by atoms with van der Waals surface area (Å²) in [4.78, 5) is 16.8. The number of nitrogens with zero attached hydrogens (tertiary/aromatic N) is 4. The lowest BCUT2D eigenvalue weighted by atomic mass is 10.2. The van der Waals surface area contributed by atoms with Crippen molar-refractivity contribution in [2.75, 3.05) is 5.32 Å². The summed E-state index contributed by atoms with van der Waals surface area (Å²) in [6, 6.07) is 19.2. The topological polar surface area (TPSA) is 72.7 Å². The molecule has 0 bridgehead atoms. The van der Waals surface area contributed by atoms with Crippen LogP contribution in [0.25, 0.3) is 16.6 Å². The Hall–Kier alpha value is -3.54. The van der Waals surface area contributed by atoms with E-state index in [-0.39, 0.29) is 11.6 Å². The molecular weight excluding hydrogens is 314 g/mol. The first-order chi connectivity index (χ1) is 12.2. The van der Waals surface area contributed by atoms with Gasteiger partial charge in [0.25, 0.3) is 5.91 Å². The molecule has 1 N–H and O–H groups in total. The van der Waals surface area contributed by atoms with Crippen LogP contribution in [0.2, 0.25) is 0 Å². The number of rotatable bonds is 3. The lowest BCUT2D eigenvalue weighted by molar-refractivity contribution is 0.102. The van der Waals surface area contributed by atoms with Crippen LogP contribution in [0, 0.1) is 6.92 Å². The fraction of sp³-hybridized carbons (Fsp3) is 0.0526. The van der Waals surface area contributed by atoms with Crippen molar-refractivity contribution in [3.05, 3.63) is 78.1 Å². The van der Waals surface area contributed by atoms with Gasteiger partial charge in [0.1, 0.15) is 5.82 Å². The first-order valence-electron chi connectivity index (χ1n) is 7.86. The van der Waals surface area contributed by atoms with E-state index in [4.69, 9.17) is 0 Å². The second-order valence-electron chi connectivity index (χ2n) is 5.68. The maximum atomic E-state index is 12.4. The molecule has 0 aliphatic heterocycles. The van der Waals surface area contributed by atoms with Crippen molar-refractivity contribution in [2.24, 2.45) is 0 Å². The third-order valence-electron chi connectivity index (χ3n) is 3.93. The van der Waals surface area contributed by atoms with Crippen molar-refractivity contribution >= 4 is 22.6 Å². The average Bonchev–Trinajstić information content (AvgIpc) is 3.12. The summed E-state index contributed by atoms with van der Waals surface area (Å²) in [5.41, 5.74) is 3.00. The molecule has 0 saturated heterocycles. The molecule has 1 amide bonds. The molecule has 6 heteroatoms. The number of anilines is 1. The van der Waals surface area contributed by atoms with E-state index in [0.29, 0.717) is 5.82 Å². The fourth-order valence-corrected chi connectivity index (χ4v) is 2.62. The molecule has 0 fully saturated rings. The second-order valence-corrected chi connectivity index (χ2v) is 5.68. The predicted octanol–water partition coefficient (Wildman–Crippen LogP) is 3.38. The Kier molecular flexibility index (Phi) is 3.70. The molecule has 0 spiro atoms. The monoisotopic (exact) mass is 329 g/mol. The number of pyridine rings is 1. The largest absolute Gasteiger partial charge is 0.305 e. The number of hydrogen-bond acceptors (Lipinski definition) is 4. The first kappa shape index (κ1) is 15.0. The quantitative estimate of drug-likeness (QED) is 0.625. The number of para-hydroxylation sites is 2. The minimum atomic E-state index is -0.345. The predicted molar refractivity (Wildman–Crippen MR) is 95.8 cm³/mol. The van der Waals surface area contributed by atoms with Crippen LogP contribution >= 0.6 is 0 Å². The van der Waals surface area contributed by atoms with E-state index in [2.05, 4.69) is 20.6 Å². The third kappa shape index (κ3) is 2.97. The SMILES string of the molecule is Cc1ccccc1-n1cc(C(=O)Nc2ccc3ccccc3n2)nn1. The van der Waals surface area contributed by atoms with Crippen molar-refractivity contribution in [1.29, 1.82) is 0 Å². The van der Waals surface area contributed by atoms with E-state index < -0.39 is 0 Å². The molecule has 0 radical (unpaired) electrons. The highest BCUT2D eigenvalue weighted by atomic mass is 16.2. The van der Waals surface area contributed by atoms with Gasteiger partial charge in [-0.15, -0.1) is 5.10 Å². The number of hydrogen-bond donors (Lipinski definition) is 1. The van der Waals surface area contributed by atoms with E-state index in [0.717, 1.165) is 22.2 Å². The zero-order chi connectivity index (χ0) is 17.2. The Morgan fingerprint density at radius 1 is 1.00 bits per heavy atom. The third-order valence-corrected chi connectivity index (χ3v) is 3.93. The van der Waals surface area contributed by atoms with Crippen LogP contribution in [0.3, 0.4) is 0 Å². The molecule has 6 nitrogen and oxygen atoms in total. The van der Waals surface area contributed by atoms with Gasteiger partial charge in [-0.25, -0.2) is 9.67 Å². The fourth-order valence-electron chi connectivity index (χ4n) is 2.62. The summed E-state index contributed by atoms with van der Waals surface area (Å²) < 4.78 is 1.60. The summed E-state index contributed by atoms with van der Waals surface area (Å²) in [5, 5.41) is 11.8. The minimum Gasteiger partial charge on any atom is -0.305 e. The Balaban J connectivity index is 1.58. The summed E-state index contributed by atoms with van der Waals surface area (Å²) >= 11 is 0. The Labute approximate surface area is 144 Å². The molecular formula is C19H15N5O. The van der Waals surface area contributed by atoms with E-state index in [1.165, 1.54) is 0 Å². The van der Waals surface area contributed by atoms with Crippen LogP contribution in [0.4, 0.5) is 5.82 Å². The van der Waals surface area contributed by atoms with Gasteiger partial charge in [-0.1, -0.05) is 41.6 Å². The summed E-state index contributed by atoms with van der Waals surface area (Å²) in [5.74, 6) is 0.136. The highest BCUT2D eigenvalue weighted by molar-refractivity contribution is 6.02. The standard InChI is InChI=1S/C19H15N5O/c1-13-6-2-5-9-17(13)24-12-16(22-23-24)19(25)21-18-11-10-14-7-3-4-8-15(14)20-18/h2-12H,1H3,(H,20,21,25). The van der Waals surface area contributed by atoms with Crippen LogP contribution in [0.15, 0.2) is 66.9 Å².